The molecule has 1 atom stereocenters. The molecule has 0 aromatic heterocycles. The van der Waals surface area contributed by atoms with Gasteiger partial charge in [-0.25, -0.2) is 0 Å². The molecule has 0 aliphatic heterocycles. The van der Waals surface area contributed by atoms with Crippen molar-refractivity contribution in [1.82, 2.24) is 0 Å². The van der Waals surface area contributed by atoms with Crippen molar-refractivity contribution in [2.75, 3.05) is 0 Å². The number of rotatable bonds is 20. The lowest BCUT2D eigenvalue weighted by Gasteiger charge is -2.21. The van der Waals surface area contributed by atoms with Gasteiger partial charge in [0.25, 0.3) is 20.2 Å². The highest BCUT2D eigenvalue weighted by molar-refractivity contribution is 7.86. The Kier molecular flexibility index (Phi) is 14.1. The van der Waals surface area contributed by atoms with Gasteiger partial charge in [0, 0.05) is 10.8 Å². The second-order valence-corrected chi connectivity index (χ2v) is 15.5. The minimum atomic E-state index is -4.70. The Morgan fingerprint density at radius 3 is 1.59 bits per heavy atom. The molecule has 0 spiro atoms. The molecular formula is C36H54O6S2. The fraction of sp³-hybridized carbons (Fsp3) is 0.611. The minimum absolute atomic E-state index is 0.111. The Balaban J connectivity index is 2.29. The predicted molar refractivity (Wildman–Crippen MR) is 183 cm³/mol. The van der Waals surface area contributed by atoms with Crippen LogP contribution in [-0.4, -0.2) is 25.9 Å². The lowest BCUT2D eigenvalue weighted by Crippen LogP contribution is -2.08. The molecule has 3 aromatic rings. The van der Waals surface area contributed by atoms with E-state index in [0.29, 0.717) is 22.1 Å². The van der Waals surface area contributed by atoms with Gasteiger partial charge >= 0.3 is 0 Å². The van der Waals surface area contributed by atoms with E-state index in [0.717, 1.165) is 101 Å². The van der Waals surface area contributed by atoms with Gasteiger partial charge in [-0.1, -0.05) is 135 Å². The molecule has 1 unspecified atom stereocenters. The molecule has 0 saturated carbocycles. The zero-order valence-electron chi connectivity index (χ0n) is 27.3. The highest BCUT2D eigenvalue weighted by atomic mass is 32.2. The summed E-state index contributed by atoms with van der Waals surface area (Å²) < 4.78 is 71.4. The van der Waals surface area contributed by atoms with E-state index in [1.54, 1.807) is 6.07 Å². The fourth-order valence-corrected chi connectivity index (χ4v) is 8.12. The molecule has 0 amide bonds. The Bertz CT molecular complexity index is 1570. The van der Waals surface area contributed by atoms with Crippen molar-refractivity contribution in [2.24, 2.45) is 5.92 Å². The molecule has 6 nitrogen and oxygen atoms in total. The van der Waals surface area contributed by atoms with Crippen LogP contribution in [0, 0.1) is 5.92 Å². The van der Waals surface area contributed by atoms with Crippen LogP contribution in [0.25, 0.3) is 21.5 Å². The summed E-state index contributed by atoms with van der Waals surface area (Å²) in [6.07, 6.45) is 17.1. The van der Waals surface area contributed by atoms with Gasteiger partial charge in [-0.3, -0.25) is 9.11 Å². The first kappa shape index (κ1) is 36.5. The van der Waals surface area contributed by atoms with E-state index in [9.17, 15) is 25.9 Å². The second kappa shape index (κ2) is 17.1. The van der Waals surface area contributed by atoms with Crippen LogP contribution in [-0.2, 0) is 26.7 Å². The van der Waals surface area contributed by atoms with E-state index >= 15 is 0 Å². The highest BCUT2D eigenvalue weighted by Gasteiger charge is 2.25. The maximum atomic E-state index is 12.8. The predicted octanol–water partition coefficient (Wildman–Crippen LogP) is 10.7. The molecule has 0 bridgehead atoms. The number of hydrogen-bond acceptors (Lipinski definition) is 4. The molecule has 8 heteroatoms. The van der Waals surface area contributed by atoms with Gasteiger partial charge in [-0.05, 0) is 65.1 Å². The van der Waals surface area contributed by atoms with Crippen LogP contribution < -0.4 is 0 Å². The molecule has 0 aliphatic rings. The third-order valence-corrected chi connectivity index (χ3v) is 10.9. The summed E-state index contributed by atoms with van der Waals surface area (Å²) >= 11 is 0. The van der Waals surface area contributed by atoms with Gasteiger partial charge < -0.3 is 0 Å². The van der Waals surface area contributed by atoms with Gasteiger partial charge in [0.2, 0.25) is 0 Å². The van der Waals surface area contributed by atoms with Crippen molar-refractivity contribution >= 4 is 41.8 Å². The van der Waals surface area contributed by atoms with Crippen molar-refractivity contribution in [1.29, 1.82) is 0 Å². The maximum Gasteiger partial charge on any atom is 0.295 e. The van der Waals surface area contributed by atoms with Gasteiger partial charge in [0.15, 0.2) is 0 Å². The molecule has 246 valence electrons. The smallest absolute Gasteiger partial charge is 0.282 e. The summed E-state index contributed by atoms with van der Waals surface area (Å²) in [7, 11) is -9.37. The Hall–Kier alpha value is -2.00. The zero-order chi connectivity index (χ0) is 32.3. The largest absolute Gasteiger partial charge is 0.295 e. The van der Waals surface area contributed by atoms with Crippen LogP contribution in [0.5, 0.6) is 0 Å². The van der Waals surface area contributed by atoms with Gasteiger partial charge in [-0.15, -0.1) is 0 Å². The molecule has 0 saturated heterocycles. The van der Waals surface area contributed by atoms with Gasteiger partial charge in [-0.2, -0.15) is 16.8 Å². The molecule has 2 N–H and O–H groups in total. The lowest BCUT2D eigenvalue weighted by molar-refractivity contribution is 0.412. The summed E-state index contributed by atoms with van der Waals surface area (Å²) in [5, 5.41) is 1.64. The fourth-order valence-electron chi connectivity index (χ4n) is 6.66. The molecule has 0 heterocycles. The van der Waals surface area contributed by atoms with Crippen LogP contribution >= 0.6 is 0 Å². The van der Waals surface area contributed by atoms with Gasteiger partial charge in [0.1, 0.15) is 9.79 Å². The Labute approximate surface area is 266 Å². The average Bonchev–Trinajstić information content (AvgIpc) is 2.97. The zero-order valence-corrected chi connectivity index (χ0v) is 28.9. The number of hydrogen-bond donors (Lipinski definition) is 2. The van der Waals surface area contributed by atoms with E-state index < -0.39 is 20.2 Å². The third-order valence-electron chi connectivity index (χ3n) is 9.13. The highest BCUT2D eigenvalue weighted by Crippen LogP contribution is 2.40. The monoisotopic (exact) mass is 646 g/mol. The number of unbranched alkanes of at least 4 members (excludes halogenated alkanes) is 7. The molecule has 44 heavy (non-hydrogen) atoms. The van der Waals surface area contributed by atoms with Gasteiger partial charge in [0.05, 0.1) is 0 Å². The van der Waals surface area contributed by atoms with Crippen molar-refractivity contribution in [3.63, 3.8) is 0 Å². The quantitative estimate of drug-likeness (QED) is 0.0718. The standard InChI is InChI=1S/C36H54O6S2/c1-5-9-13-17-27(16-12-8-4)22-28-20-21-31-32(23-28)33-24-30(29(18-14-10-6-2)19-15-11-7-3)25-35(43(37,38)39)34(33)26-36(31)44(40,41)42/h20-21,23-27,29H,5-19,22H2,1-4H3,(H,37,38,39)(H,40,41,42). The Morgan fingerprint density at radius 2 is 1.05 bits per heavy atom. The van der Waals surface area contributed by atoms with Crippen molar-refractivity contribution in [2.45, 2.75) is 146 Å². The lowest BCUT2D eigenvalue weighted by atomic mass is 9.86. The molecule has 0 fully saturated rings. The van der Waals surface area contributed by atoms with E-state index in [1.807, 2.05) is 18.2 Å². The van der Waals surface area contributed by atoms with Crippen molar-refractivity contribution < 1.29 is 25.9 Å². The number of fused-ring (bicyclic) bond motifs is 3. The molecule has 3 rings (SSSR count). The van der Waals surface area contributed by atoms with E-state index in [1.165, 1.54) is 25.0 Å². The summed E-state index contributed by atoms with van der Waals surface area (Å²) in [5.41, 5.74) is 1.91. The molecule has 0 aliphatic carbocycles. The third kappa shape index (κ3) is 10.0. The molecular weight excluding hydrogens is 593 g/mol. The van der Waals surface area contributed by atoms with Crippen LogP contribution in [0.2, 0.25) is 0 Å². The van der Waals surface area contributed by atoms with Crippen LogP contribution in [0.1, 0.15) is 141 Å². The summed E-state index contributed by atoms with van der Waals surface area (Å²) in [5.74, 6) is 0.620. The first-order valence-corrected chi connectivity index (χ1v) is 19.8. The normalized spacial score (nSPS) is 13.3. The SMILES string of the molecule is CCCCCC(CCCC)Cc1ccc2c(S(=O)(=O)O)cc3c(S(=O)(=O)O)cc(C(CCCCC)CCCCC)cc3c2c1. The summed E-state index contributed by atoms with van der Waals surface area (Å²) in [4.78, 5) is -0.657. The van der Waals surface area contributed by atoms with Crippen LogP contribution in [0.3, 0.4) is 0 Å². The summed E-state index contributed by atoms with van der Waals surface area (Å²) in [6.45, 7) is 8.72. The number of benzene rings is 3. The van der Waals surface area contributed by atoms with E-state index in [-0.39, 0.29) is 21.1 Å². The minimum Gasteiger partial charge on any atom is -0.282 e. The van der Waals surface area contributed by atoms with Crippen LogP contribution in [0.4, 0.5) is 0 Å². The second-order valence-electron chi connectivity index (χ2n) is 12.7. The van der Waals surface area contributed by atoms with Crippen molar-refractivity contribution in [3.05, 3.63) is 47.5 Å². The molecule has 3 aromatic carbocycles. The van der Waals surface area contributed by atoms with Crippen molar-refractivity contribution in [3.8, 4) is 0 Å². The first-order chi connectivity index (χ1) is 20.9. The van der Waals surface area contributed by atoms with E-state index in [4.69, 9.17) is 0 Å². The average molecular weight is 647 g/mol. The Morgan fingerprint density at radius 1 is 0.545 bits per heavy atom. The first-order valence-electron chi connectivity index (χ1n) is 16.9. The van der Waals surface area contributed by atoms with Crippen LogP contribution in [0.15, 0.2) is 46.2 Å². The topological polar surface area (TPSA) is 109 Å². The maximum absolute atomic E-state index is 12.8. The summed E-state index contributed by atoms with van der Waals surface area (Å²) in [6, 6.07) is 10.4. The van der Waals surface area contributed by atoms with E-state index in [2.05, 4.69) is 27.7 Å². The molecule has 0 radical (unpaired) electrons.